The lowest BCUT2D eigenvalue weighted by atomic mass is 10.0. The zero-order valence-electron chi connectivity index (χ0n) is 15.5. The van der Waals surface area contributed by atoms with Crippen LogP contribution < -0.4 is 11.1 Å². The van der Waals surface area contributed by atoms with Crippen LogP contribution in [0.15, 0.2) is 48.8 Å². The van der Waals surface area contributed by atoms with Crippen LogP contribution in [-0.4, -0.2) is 27.8 Å². The number of hydrogen-bond acceptors (Lipinski definition) is 5. The van der Waals surface area contributed by atoms with Gasteiger partial charge < -0.3 is 11.1 Å². The number of fused-ring (bicyclic) bond motifs is 1. The number of anilines is 1. The van der Waals surface area contributed by atoms with Crippen LogP contribution in [0.4, 0.5) is 22.7 Å². The van der Waals surface area contributed by atoms with Gasteiger partial charge in [0.25, 0.3) is 0 Å². The van der Waals surface area contributed by atoms with Crippen LogP contribution in [0.25, 0.3) is 21.3 Å². The molecule has 0 fully saturated rings. The van der Waals surface area contributed by atoms with Gasteiger partial charge >= 0.3 is 6.18 Å². The molecule has 2 heterocycles. The zero-order chi connectivity index (χ0) is 21.3. The van der Waals surface area contributed by atoms with Gasteiger partial charge in [-0.2, -0.15) is 18.3 Å². The van der Waals surface area contributed by atoms with Crippen LogP contribution in [0.2, 0.25) is 0 Å². The number of alkyl halides is 3. The molecule has 0 radical (unpaired) electrons. The van der Waals surface area contributed by atoms with Gasteiger partial charge in [-0.3, -0.25) is 5.10 Å². The number of thiazole rings is 1. The molecule has 0 spiro atoms. The average Bonchev–Trinajstić information content (AvgIpc) is 3.34. The van der Waals surface area contributed by atoms with Crippen molar-refractivity contribution in [2.75, 3.05) is 11.9 Å². The van der Waals surface area contributed by atoms with E-state index < -0.39 is 23.6 Å². The number of benzene rings is 2. The van der Waals surface area contributed by atoms with E-state index in [1.807, 2.05) is 18.2 Å². The third-order valence-corrected chi connectivity index (χ3v) is 5.59. The highest BCUT2D eigenvalue weighted by Crippen LogP contribution is 2.32. The molecule has 4 rings (SSSR count). The smallest absolute Gasteiger partial charge is 0.360 e. The zero-order valence-corrected chi connectivity index (χ0v) is 16.3. The largest absolute Gasteiger partial charge is 0.419 e. The third-order valence-electron chi connectivity index (χ3n) is 4.58. The van der Waals surface area contributed by atoms with Crippen molar-refractivity contribution in [2.45, 2.75) is 18.6 Å². The number of nitrogens with zero attached hydrogens (tertiary/aromatic N) is 2. The molecule has 0 aliphatic rings. The maximum atomic E-state index is 13.7. The normalized spacial score (nSPS) is 13.0. The highest BCUT2D eigenvalue weighted by molar-refractivity contribution is 7.18. The summed E-state index contributed by atoms with van der Waals surface area (Å²) >= 11 is 1.46. The first kappa shape index (κ1) is 20.3. The first-order valence-electron chi connectivity index (χ1n) is 9.04. The summed E-state index contributed by atoms with van der Waals surface area (Å²) in [7, 11) is 0. The Morgan fingerprint density at radius 3 is 2.73 bits per heavy atom. The van der Waals surface area contributed by atoms with Gasteiger partial charge in [0.1, 0.15) is 5.82 Å². The molecule has 4 N–H and O–H groups in total. The molecule has 0 amide bonds. The summed E-state index contributed by atoms with van der Waals surface area (Å²) < 4.78 is 51.7. The monoisotopic (exact) mass is 435 g/mol. The summed E-state index contributed by atoms with van der Waals surface area (Å²) in [6.07, 6.45) is -0.971. The molecule has 2 aromatic carbocycles. The molecule has 0 bridgehead atoms. The van der Waals surface area contributed by atoms with E-state index in [2.05, 4.69) is 20.5 Å². The first-order chi connectivity index (χ1) is 14.3. The summed E-state index contributed by atoms with van der Waals surface area (Å²) in [5, 5.41) is 11.7. The lowest BCUT2D eigenvalue weighted by Crippen LogP contribution is -2.31. The number of aromatic amines is 1. The summed E-state index contributed by atoms with van der Waals surface area (Å²) in [6, 6.07) is 8.40. The number of nitrogens with one attached hydrogen (secondary N) is 2. The van der Waals surface area contributed by atoms with E-state index in [1.54, 1.807) is 12.4 Å². The van der Waals surface area contributed by atoms with Crippen LogP contribution in [-0.2, 0) is 12.6 Å². The molecular formula is C20H17F4N5S. The van der Waals surface area contributed by atoms with Crippen LogP contribution in [0.1, 0.15) is 11.1 Å². The van der Waals surface area contributed by atoms with Gasteiger partial charge in [-0.15, -0.1) is 0 Å². The maximum absolute atomic E-state index is 13.7. The molecule has 0 saturated carbocycles. The first-order valence-corrected chi connectivity index (χ1v) is 9.85. The van der Waals surface area contributed by atoms with E-state index in [1.165, 1.54) is 17.4 Å². The van der Waals surface area contributed by atoms with Crippen molar-refractivity contribution in [3.05, 3.63) is 65.7 Å². The Labute approximate surface area is 172 Å². The highest BCUT2D eigenvalue weighted by atomic mass is 32.1. The molecule has 30 heavy (non-hydrogen) atoms. The standard InChI is InChI=1S/C20H17F4N5S/c21-16-6-11(1-3-15(16)20(22,23)24)5-14(25)9-26-19-27-10-18(30-19)12-2-4-17-13(7-12)8-28-29-17/h1-4,6-8,10,14H,5,9,25H2,(H,26,27)(H,28,29). The summed E-state index contributed by atoms with van der Waals surface area (Å²) in [5.74, 6) is -1.29. The SMILES string of the molecule is NC(CNc1ncc(-c2ccc3[nH]ncc3c2)s1)Cc1ccc(C(F)(F)F)c(F)c1. The van der Waals surface area contributed by atoms with Crippen LogP contribution in [0, 0.1) is 5.82 Å². The van der Waals surface area contributed by atoms with Crippen molar-refractivity contribution in [3.63, 3.8) is 0 Å². The quantitative estimate of drug-likeness (QED) is 0.379. The minimum atomic E-state index is -4.71. The van der Waals surface area contributed by atoms with E-state index in [0.29, 0.717) is 17.2 Å². The van der Waals surface area contributed by atoms with Gasteiger partial charge in [0.2, 0.25) is 0 Å². The van der Waals surface area contributed by atoms with E-state index in [4.69, 9.17) is 5.73 Å². The molecule has 0 aliphatic carbocycles. The number of nitrogens with two attached hydrogens (primary N) is 1. The Hall–Kier alpha value is -2.98. The fraction of sp³-hybridized carbons (Fsp3) is 0.200. The topological polar surface area (TPSA) is 79.6 Å². The summed E-state index contributed by atoms with van der Waals surface area (Å²) in [5.41, 5.74) is 7.15. The van der Waals surface area contributed by atoms with Crippen LogP contribution >= 0.6 is 11.3 Å². The van der Waals surface area contributed by atoms with Gasteiger partial charge in [0.15, 0.2) is 5.13 Å². The molecule has 1 atom stereocenters. The fourth-order valence-corrected chi connectivity index (χ4v) is 3.91. The highest BCUT2D eigenvalue weighted by Gasteiger charge is 2.33. The summed E-state index contributed by atoms with van der Waals surface area (Å²) in [6.45, 7) is 0.344. The second-order valence-corrected chi connectivity index (χ2v) is 7.89. The predicted octanol–water partition coefficient (Wildman–Crippen LogP) is 4.83. The molecule has 1 unspecified atom stereocenters. The minimum Gasteiger partial charge on any atom is -0.360 e. The number of aromatic nitrogens is 3. The van der Waals surface area contributed by atoms with Gasteiger partial charge in [-0.1, -0.05) is 23.5 Å². The van der Waals surface area contributed by atoms with Crippen molar-refractivity contribution >= 4 is 27.4 Å². The Kier molecular flexibility index (Phi) is 5.44. The minimum absolute atomic E-state index is 0.234. The number of H-pyrrole nitrogens is 1. The number of halogens is 4. The van der Waals surface area contributed by atoms with Gasteiger partial charge in [0.05, 0.1) is 22.2 Å². The van der Waals surface area contributed by atoms with E-state index in [-0.39, 0.29) is 6.42 Å². The number of hydrogen-bond donors (Lipinski definition) is 3. The molecule has 2 aromatic heterocycles. The molecule has 5 nitrogen and oxygen atoms in total. The van der Waals surface area contributed by atoms with Crippen molar-refractivity contribution in [2.24, 2.45) is 5.73 Å². The van der Waals surface area contributed by atoms with Gasteiger partial charge in [-0.25, -0.2) is 9.37 Å². The molecule has 156 valence electrons. The average molecular weight is 435 g/mol. The molecular weight excluding hydrogens is 418 g/mol. The second kappa shape index (κ2) is 8.04. The van der Waals surface area contributed by atoms with Gasteiger partial charge in [-0.05, 0) is 41.8 Å². The maximum Gasteiger partial charge on any atom is 0.419 e. The van der Waals surface area contributed by atoms with Crippen molar-refractivity contribution < 1.29 is 17.6 Å². The number of rotatable bonds is 6. The Bertz CT molecular complexity index is 1170. The molecule has 0 saturated heterocycles. The van der Waals surface area contributed by atoms with E-state index in [0.717, 1.165) is 33.5 Å². The predicted molar refractivity (Wildman–Crippen MR) is 109 cm³/mol. The molecule has 10 heteroatoms. The summed E-state index contributed by atoms with van der Waals surface area (Å²) in [4.78, 5) is 5.31. The van der Waals surface area contributed by atoms with E-state index >= 15 is 0 Å². The second-order valence-electron chi connectivity index (χ2n) is 6.86. The van der Waals surface area contributed by atoms with Crippen LogP contribution in [0.3, 0.4) is 0 Å². The lowest BCUT2D eigenvalue weighted by molar-refractivity contribution is -0.140. The van der Waals surface area contributed by atoms with Crippen molar-refractivity contribution in [3.8, 4) is 10.4 Å². The fourth-order valence-electron chi connectivity index (χ4n) is 3.09. The molecule has 0 aliphatic heterocycles. The Morgan fingerprint density at radius 2 is 1.97 bits per heavy atom. The Balaban J connectivity index is 1.36. The Morgan fingerprint density at radius 1 is 1.13 bits per heavy atom. The van der Waals surface area contributed by atoms with E-state index in [9.17, 15) is 17.6 Å². The third kappa shape index (κ3) is 4.44. The van der Waals surface area contributed by atoms with Crippen molar-refractivity contribution in [1.82, 2.24) is 15.2 Å². The lowest BCUT2D eigenvalue weighted by Gasteiger charge is -2.14. The molecule has 4 aromatic rings. The van der Waals surface area contributed by atoms with Gasteiger partial charge in [0, 0.05) is 24.2 Å². The van der Waals surface area contributed by atoms with Crippen molar-refractivity contribution in [1.29, 1.82) is 0 Å². The van der Waals surface area contributed by atoms with Crippen LogP contribution in [0.5, 0.6) is 0 Å².